The van der Waals surface area contributed by atoms with Crippen molar-refractivity contribution in [1.29, 1.82) is 0 Å². The molecule has 1 heterocycles. The molecule has 0 bridgehead atoms. The number of hydrogen-bond acceptors (Lipinski definition) is 1. The molecule has 3 heteroatoms. The van der Waals surface area contributed by atoms with E-state index in [-0.39, 0.29) is 0 Å². The molecule has 0 unspecified atom stereocenters. The van der Waals surface area contributed by atoms with Crippen LogP contribution in [0.2, 0.25) is 0 Å². The quantitative estimate of drug-likeness (QED) is 0.802. The lowest BCUT2D eigenvalue weighted by molar-refractivity contribution is 0.588. The molecule has 0 fully saturated rings. The van der Waals surface area contributed by atoms with E-state index in [2.05, 4.69) is 63.2 Å². The predicted octanol–water partition coefficient (Wildman–Crippen LogP) is 3.79. The van der Waals surface area contributed by atoms with Crippen molar-refractivity contribution in [3.05, 3.63) is 34.9 Å². The second-order valence-electron chi connectivity index (χ2n) is 4.29. The molecule has 1 aromatic heterocycles. The maximum Gasteiger partial charge on any atom is 0.0492 e. The molecule has 0 radical (unpaired) electrons. The van der Waals surface area contributed by atoms with Crippen molar-refractivity contribution in [1.82, 2.24) is 9.88 Å². The van der Waals surface area contributed by atoms with Gasteiger partial charge in [-0.25, -0.2) is 0 Å². The van der Waals surface area contributed by atoms with Crippen LogP contribution in [-0.4, -0.2) is 17.7 Å². The number of aromatic nitrogens is 1. The number of nitrogens with zero attached hydrogens (tertiary/aromatic N) is 1. The molecule has 2 nitrogen and oxygen atoms in total. The van der Waals surface area contributed by atoms with Gasteiger partial charge in [0.05, 0.1) is 0 Å². The summed E-state index contributed by atoms with van der Waals surface area (Å²) in [5.41, 5.74) is 1.30. The van der Waals surface area contributed by atoms with Crippen LogP contribution in [0, 0.1) is 0 Å². The molecule has 2 rings (SSSR count). The average molecular weight is 295 g/mol. The van der Waals surface area contributed by atoms with Crippen LogP contribution in [0.5, 0.6) is 0 Å². The van der Waals surface area contributed by atoms with Crippen LogP contribution >= 0.6 is 15.9 Å². The highest BCUT2D eigenvalue weighted by atomic mass is 79.9. The monoisotopic (exact) mass is 294 g/mol. The van der Waals surface area contributed by atoms with Gasteiger partial charge in [0.2, 0.25) is 0 Å². The van der Waals surface area contributed by atoms with Crippen molar-refractivity contribution in [2.45, 2.75) is 26.3 Å². The Hall–Kier alpha value is -0.800. The Kier molecular flexibility index (Phi) is 4.63. The second kappa shape index (κ2) is 6.22. The van der Waals surface area contributed by atoms with Crippen molar-refractivity contribution in [2.24, 2.45) is 0 Å². The SMILES string of the molecule is CCCCNCCn1ccc2c(Br)cccc21. The van der Waals surface area contributed by atoms with Crippen molar-refractivity contribution in [3.8, 4) is 0 Å². The zero-order valence-corrected chi connectivity index (χ0v) is 11.8. The minimum absolute atomic E-state index is 1.03. The zero-order chi connectivity index (χ0) is 12.1. The van der Waals surface area contributed by atoms with Crippen LogP contribution < -0.4 is 5.32 Å². The van der Waals surface area contributed by atoms with Crippen molar-refractivity contribution >= 4 is 26.8 Å². The summed E-state index contributed by atoms with van der Waals surface area (Å²) in [5.74, 6) is 0. The summed E-state index contributed by atoms with van der Waals surface area (Å²) in [6.45, 7) is 5.41. The first-order chi connectivity index (χ1) is 8.33. The summed E-state index contributed by atoms with van der Waals surface area (Å²) < 4.78 is 3.48. The fraction of sp³-hybridized carbons (Fsp3) is 0.429. The van der Waals surface area contributed by atoms with Gasteiger partial charge in [-0.15, -0.1) is 0 Å². The summed E-state index contributed by atoms with van der Waals surface area (Å²) in [4.78, 5) is 0. The minimum Gasteiger partial charge on any atom is -0.346 e. The van der Waals surface area contributed by atoms with Crippen LogP contribution in [0.4, 0.5) is 0 Å². The van der Waals surface area contributed by atoms with E-state index in [4.69, 9.17) is 0 Å². The van der Waals surface area contributed by atoms with Crippen LogP contribution in [0.1, 0.15) is 19.8 Å². The van der Waals surface area contributed by atoms with Gasteiger partial charge in [0.15, 0.2) is 0 Å². The molecule has 17 heavy (non-hydrogen) atoms. The van der Waals surface area contributed by atoms with Crippen LogP contribution in [0.15, 0.2) is 34.9 Å². The largest absolute Gasteiger partial charge is 0.346 e. The fourth-order valence-corrected chi connectivity index (χ4v) is 2.50. The molecule has 92 valence electrons. The first-order valence-corrected chi connectivity index (χ1v) is 7.06. The van der Waals surface area contributed by atoms with Gasteiger partial charge in [0, 0.05) is 34.7 Å². The van der Waals surface area contributed by atoms with Crippen molar-refractivity contribution in [3.63, 3.8) is 0 Å². The number of unbranched alkanes of at least 4 members (excludes halogenated alkanes) is 1. The lowest BCUT2D eigenvalue weighted by Gasteiger charge is -2.07. The van der Waals surface area contributed by atoms with Gasteiger partial charge < -0.3 is 9.88 Å². The molecule has 2 aromatic rings. The molecule has 0 aliphatic rings. The molecule has 0 spiro atoms. The standard InChI is InChI=1S/C14H19BrN2/c1-2-3-8-16-9-11-17-10-7-12-13(15)5-4-6-14(12)17/h4-7,10,16H,2-3,8-9,11H2,1H3. The van der Waals surface area contributed by atoms with Gasteiger partial charge >= 0.3 is 0 Å². The molecule has 0 aliphatic heterocycles. The summed E-state index contributed by atoms with van der Waals surface area (Å²) in [6.07, 6.45) is 4.68. The van der Waals surface area contributed by atoms with E-state index in [9.17, 15) is 0 Å². The maximum absolute atomic E-state index is 3.58. The van der Waals surface area contributed by atoms with E-state index in [1.54, 1.807) is 0 Å². The smallest absolute Gasteiger partial charge is 0.0492 e. The first-order valence-electron chi connectivity index (χ1n) is 6.27. The van der Waals surface area contributed by atoms with Gasteiger partial charge in [-0.2, -0.15) is 0 Å². The molecule has 0 atom stereocenters. The highest BCUT2D eigenvalue weighted by molar-refractivity contribution is 9.10. The summed E-state index contributed by atoms with van der Waals surface area (Å²) in [5, 5.41) is 4.76. The summed E-state index contributed by atoms with van der Waals surface area (Å²) in [7, 11) is 0. The molecule has 0 aliphatic carbocycles. The van der Waals surface area contributed by atoms with Gasteiger partial charge in [-0.3, -0.25) is 0 Å². The Bertz CT molecular complexity index is 476. The average Bonchev–Trinajstić information content (AvgIpc) is 2.74. The highest BCUT2D eigenvalue weighted by Crippen LogP contribution is 2.24. The number of benzene rings is 1. The third-order valence-corrected chi connectivity index (χ3v) is 3.69. The van der Waals surface area contributed by atoms with E-state index in [1.165, 1.54) is 28.2 Å². The number of hydrogen-bond donors (Lipinski definition) is 1. The topological polar surface area (TPSA) is 17.0 Å². The first kappa shape index (κ1) is 12.7. The highest BCUT2D eigenvalue weighted by Gasteiger charge is 2.02. The maximum atomic E-state index is 3.58. The van der Waals surface area contributed by atoms with Crippen LogP contribution in [0.25, 0.3) is 10.9 Å². The molecule has 0 amide bonds. The zero-order valence-electron chi connectivity index (χ0n) is 10.2. The number of rotatable bonds is 6. The van der Waals surface area contributed by atoms with Gasteiger partial charge in [0.25, 0.3) is 0 Å². The lowest BCUT2D eigenvalue weighted by atomic mass is 10.2. The van der Waals surface area contributed by atoms with Crippen LogP contribution in [0.3, 0.4) is 0 Å². The van der Waals surface area contributed by atoms with Gasteiger partial charge in [-0.05, 0) is 31.2 Å². The Morgan fingerprint density at radius 3 is 2.94 bits per heavy atom. The minimum atomic E-state index is 1.03. The van der Waals surface area contributed by atoms with E-state index < -0.39 is 0 Å². The molecule has 1 aromatic carbocycles. The Labute approximate surface area is 111 Å². The Morgan fingerprint density at radius 2 is 2.12 bits per heavy atom. The molecular weight excluding hydrogens is 276 g/mol. The van der Waals surface area contributed by atoms with Crippen molar-refractivity contribution < 1.29 is 0 Å². The summed E-state index contributed by atoms with van der Waals surface area (Å²) >= 11 is 3.58. The van der Waals surface area contributed by atoms with E-state index in [0.717, 1.165) is 19.6 Å². The van der Waals surface area contributed by atoms with E-state index >= 15 is 0 Å². The molecule has 0 saturated carbocycles. The molecular formula is C14H19BrN2. The normalized spacial score (nSPS) is 11.2. The second-order valence-corrected chi connectivity index (χ2v) is 5.14. The van der Waals surface area contributed by atoms with E-state index in [0.29, 0.717) is 0 Å². The lowest BCUT2D eigenvalue weighted by Crippen LogP contribution is -2.20. The number of nitrogens with one attached hydrogen (secondary N) is 1. The van der Waals surface area contributed by atoms with Gasteiger partial charge in [0.1, 0.15) is 0 Å². The fourth-order valence-electron chi connectivity index (χ4n) is 2.01. The van der Waals surface area contributed by atoms with Crippen LogP contribution in [-0.2, 0) is 6.54 Å². The number of fused-ring (bicyclic) bond motifs is 1. The van der Waals surface area contributed by atoms with Gasteiger partial charge in [-0.1, -0.05) is 35.3 Å². The van der Waals surface area contributed by atoms with E-state index in [1.807, 2.05) is 0 Å². The summed E-state index contributed by atoms with van der Waals surface area (Å²) in [6, 6.07) is 8.52. The third-order valence-electron chi connectivity index (χ3n) is 3.00. The predicted molar refractivity (Wildman–Crippen MR) is 77.4 cm³/mol. The third kappa shape index (κ3) is 3.11. The Balaban J connectivity index is 1.97. The molecule has 0 saturated heterocycles. The molecule has 1 N–H and O–H groups in total. The van der Waals surface area contributed by atoms with Crippen molar-refractivity contribution in [2.75, 3.05) is 13.1 Å². The Morgan fingerprint density at radius 1 is 1.24 bits per heavy atom. The number of halogens is 1.